The summed E-state index contributed by atoms with van der Waals surface area (Å²) in [4.78, 5) is 14.1. The van der Waals surface area contributed by atoms with Crippen molar-refractivity contribution in [2.24, 2.45) is 0 Å². The lowest BCUT2D eigenvalue weighted by Crippen LogP contribution is -2.14. The van der Waals surface area contributed by atoms with Gasteiger partial charge in [0.15, 0.2) is 5.52 Å². The Kier molecular flexibility index (Phi) is 1.86. The third kappa shape index (κ3) is 1.25. The van der Waals surface area contributed by atoms with Crippen molar-refractivity contribution in [3.8, 4) is 0 Å². The zero-order chi connectivity index (χ0) is 9.59. The first-order valence-electron chi connectivity index (χ1n) is 3.71. The number of nitrogens with zero attached hydrogens (tertiary/aromatic N) is 3. The summed E-state index contributed by atoms with van der Waals surface area (Å²) >= 11 is 2.09. The lowest BCUT2D eigenvalue weighted by atomic mass is 10.4. The molecule has 2 aromatic rings. The summed E-state index contributed by atoms with van der Waals surface area (Å²) in [7, 11) is 0. The third-order valence-electron chi connectivity index (χ3n) is 1.72. The molecule has 0 bridgehead atoms. The summed E-state index contributed by atoms with van der Waals surface area (Å²) in [5, 5.41) is 8.18. The number of aromatic nitrogens is 4. The maximum absolute atomic E-state index is 11.5. The molecule has 0 amide bonds. The molecule has 0 aliphatic heterocycles. The summed E-state index contributed by atoms with van der Waals surface area (Å²) in [6, 6.07) is 0. The zero-order valence-electron chi connectivity index (χ0n) is 7.13. The molecule has 2 heterocycles. The predicted octanol–water partition coefficient (Wildman–Crippen LogP) is 0.639. The van der Waals surface area contributed by atoms with Crippen LogP contribution in [0.5, 0.6) is 0 Å². The number of nitrogens with one attached hydrogen (secondary N) is 1. The number of rotatable bonds is 0. The van der Waals surface area contributed by atoms with E-state index in [0.717, 1.165) is 9.26 Å². The van der Waals surface area contributed by atoms with Crippen LogP contribution in [0.2, 0.25) is 0 Å². The first-order chi connectivity index (χ1) is 6.09. The molecule has 0 unspecified atom stereocenters. The van der Waals surface area contributed by atoms with Crippen molar-refractivity contribution in [1.82, 2.24) is 19.8 Å². The molecule has 0 aliphatic rings. The quantitative estimate of drug-likeness (QED) is 0.724. The maximum atomic E-state index is 11.5. The Labute approximate surface area is 87.3 Å². The van der Waals surface area contributed by atoms with Gasteiger partial charge in [0.2, 0.25) is 0 Å². The van der Waals surface area contributed by atoms with Gasteiger partial charge in [-0.05, 0) is 36.4 Å². The van der Waals surface area contributed by atoms with Crippen molar-refractivity contribution in [2.45, 2.75) is 13.8 Å². The van der Waals surface area contributed by atoms with Crippen molar-refractivity contribution >= 4 is 28.1 Å². The second-order valence-electron chi connectivity index (χ2n) is 2.78. The standard InChI is InChI=1S/C7H7IN4O/c1-3-5(8)6-7(13)9-4(2)11-12(6)10-3/h1-2H3,(H,9,11,13). The van der Waals surface area contributed by atoms with E-state index in [4.69, 9.17) is 0 Å². The van der Waals surface area contributed by atoms with E-state index in [1.807, 2.05) is 6.92 Å². The Morgan fingerprint density at radius 2 is 2.08 bits per heavy atom. The van der Waals surface area contributed by atoms with Gasteiger partial charge in [0.25, 0.3) is 5.56 Å². The molecular weight excluding hydrogens is 283 g/mol. The van der Waals surface area contributed by atoms with Gasteiger partial charge >= 0.3 is 0 Å². The summed E-state index contributed by atoms with van der Waals surface area (Å²) in [6.45, 7) is 3.58. The molecule has 0 saturated carbocycles. The predicted molar refractivity (Wildman–Crippen MR) is 55.8 cm³/mol. The lowest BCUT2D eigenvalue weighted by Gasteiger charge is -1.92. The highest BCUT2D eigenvalue weighted by molar-refractivity contribution is 14.1. The number of hydrogen-bond donors (Lipinski definition) is 1. The van der Waals surface area contributed by atoms with Crippen LogP contribution >= 0.6 is 22.6 Å². The molecule has 68 valence electrons. The monoisotopic (exact) mass is 290 g/mol. The zero-order valence-corrected chi connectivity index (χ0v) is 9.29. The molecule has 0 aliphatic carbocycles. The Morgan fingerprint density at radius 1 is 1.38 bits per heavy atom. The van der Waals surface area contributed by atoms with Crippen LogP contribution in [0.25, 0.3) is 5.52 Å². The van der Waals surface area contributed by atoms with Gasteiger partial charge in [-0.15, -0.1) is 9.73 Å². The van der Waals surface area contributed by atoms with E-state index in [-0.39, 0.29) is 5.56 Å². The average molecular weight is 290 g/mol. The Bertz CT molecular complexity index is 527. The summed E-state index contributed by atoms with van der Waals surface area (Å²) in [5.74, 6) is 0.566. The molecule has 6 heteroatoms. The van der Waals surface area contributed by atoms with E-state index in [2.05, 4.69) is 37.8 Å². The SMILES string of the molecule is Cc1nn2nc(C)c(I)c2c(=O)[nH]1. The number of aryl methyl sites for hydroxylation is 2. The van der Waals surface area contributed by atoms with Gasteiger partial charge in [0, 0.05) is 0 Å². The first kappa shape index (κ1) is 8.67. The first-order valence-corrected chi connectivity index (χ1v) is 4.79. The van der Waals surface area contributed by atoms with Gasteiger partial charge < -0.3 is 4.98 Å². The highest BCUT2D eigenvalue weighted by atomic mass is 127. The topological polar surface area (TPSA) is 63.1 Å². The highest BCUT2D eigenvalue weighted by Crippen LogP contribution is 2.12. The van der Waals surface area contributed by atoms with Crippen molar-refractivity contribution < 1.29 is 0 Å². The van der Waals surface area contributed by atoms with E-state index in [1.165, 1.54) is 4.63 Å². The fraction of sp³-hybridized carbons (Fsp3) is 0.286. The second kappa shape index (κ2) is 2.79. The highest BCUT2D eigenvalue weighted by Gasteiger charge is 2.10. The van der Waals surface area contributed by atoms with Gasteiger partial charge in [0.05, 0.1) is 9.26 Å². The summed E-state index contributed by atoms with van der Waals surface area (Å²) < 4.78 is 2.23. The molecule has 0 aromatic carbocycles. The van der Waals surface area contributed by atoms with Crippen LogP contribution in [0.3, 0.4) is 0 Å². The minimum atomic E-state index is -0.141. The maximum Gasteiger partial charge on any atom is 0.278 e. The van der Waals surface area contributed by atoms with Crippen molar-refractivity contribution in [3.05, 3.63) is 25.4 Å². The number of aromatic amines is 1. The molecule has 0 radical (unpaired) electrons. The molecule has 13 heavy (non-hydrogen) atoms. The van der Waals surface area contributed by atoms with Gasteiger partial charge in [-0.25, -0.2) is 0 Å². The minimum absolute atomic E-state index is 0.141. The largest absolute Gasteiger partial charge is 0.307 e. The van der Waals surface area contributed by atoms with E-state index in [9.17, 15) is 4.79 Å². The molecule has 0 saturated heterocycles. The summed E-state index contributed by atoms with van der Waals surface area (Å²) in [6.07, 6.45) is 0. The Morgan fingerprint density at radius 3 is 2.77 bits per heavy atom. The van der Waals surface area contributed by atoms with Crippen molar-refractivity contribution in [1.29, 1.82) is 0 Å². The van der Waals surface area contributed by atoms with Crippen LogP contribution in [0.4, 0.5) is 0 Å². The van der Waals surface area contributed by atoms with E-state index in [0.29, 0.717) is 11.3 Å². The molecule has 0 atom stereocenters. The molecule has 1 N–H and O–H groups in total. The van der Waals surface area contributed by atoms with E-state index >= 15 is 0 Å². The number of H-pyrrole nitrogens is 1. The van der Waals surface area contributed by atoms with Gasteiger partial charge in [-0.1, -0.05) is 0 Å². The molecule has 0 spiro atoms. The number of fused-ring (bicyclic) bond motifs is 1. The number of hydrogen-bond acceptors (Lipinski definition) is 3. The van der Waals surface area contributed by atoms with Gasteiger partial charge in [-0.2, -0.15) is 5.10 Å². The molecule has 0 fully saturated rings. The smallest absolute Gasteiger partial charge is 0.278 e. The van der Waals surface area contributed by atoms with E-state index in [1.54, 1.807) is 6.92 Å². The average Bonchev–Trinajstić information content (AvgIpc) is 2.27. The van der Waals surface area contributed by atoms with E-state index < -0.39 is 0 Å². The molecule has 5 nitrogen and oxygen atoms in total. The van der Waals surface area contributed by atoms with Crippen LogP contribution in [-0.4, -0.2) is 19.8 Å². The minimum Gasteiger partial charge on any atom is -0.307 e. The van der Waals surface area contributed by atoms with Crippen LogP contribution in [0.1, 0.15) is 11.5 Å². The third-order valence-corrected chi connectivity index (χ3v) is 3.02. The van der Waals surface area contributed by atoms with Gasteiger partial charge in [0.1, 0.15) is 5.82 Å². The van der Waals surface area contributed by atoms with Crippen molar-refractivity contribution in [3.63, 3.8) is 0 Å². The fourth-order valence-corrected chi connectivity index (χ4v) is 1.72. The van der Waals surface area contributed by atoms with Crippen LogP contribution in [0, 0.1) is 17.4 Å². The van der Waals surface area contributed by atoms with Gasteiger partial charge in [-0.3, -0.25) is 4.79 Å². The van der Waals surface area contributed by atoms with Crippen molar-refractivity contribution in [2.75, 3.05) is 0 Å². The lowest BCUT2D eigenvalue weighted by molar-refractivity contribution is 0.739. The Hall–Kier alpha value is -0.920. The fourth-order valence-electron chi connectivity index (χ4n) is 1.15. The normalized spacial score (nSPS) is 11.0. The second-order valence-corrected chi connectivity index (χ2v) is 3.86. The number of halogens is 1. The molecule has 2 aromatic heterocycles. The van der Waals surface area contributed by atoms with Crippen LogP contribution in [0.15, 0.2) is 4.79 Å². The molecule has 2 rings (SSSR count). The van der Waals surface area contributed by atoms with Crippen LogP contribution in [-0.2, 0) is 0 Å². The summed E-state index contributed by atoms with van der Waals surface area (Å²) in [5.41, 5.74) is 1.20. The van der Waals surface area contributed by atoms with Crippen LogP contribution < -0.4 is 5.56 Å². The Balaban J connectivity index is 3.03. The molecular formula is C7H7IN4O.